The Morgan fingerprint density at radius 3 is 2.55 bits per heavy atom. The lowest BCUT2D eigenvalue weighted by atomic mass is 10.1. The highest BCUT2D eigenvalue weighted by atomic mass is 16.4. The summed E-state index contributed by atoms with van der Waals surface area (Å²) in [4.78, 5) is 39.4. The maximum absolute atomic E-state index is 12.1. The number of fused-ring (bicyclic) bond motifs is 3. The molecule has 0 bridgehead atoms. The molecule has 1 aromatic carbocycles. The van der Waals surface area contributed by atoms with Gasteiger partial charge in [-0.15, -0.1) is 0 Å². The van der Waals surface area contributed by atoms with Crippen molar-refractivity contribution >= 4 is 33.5 Å². The number of hydrogen-bond donors (Lipinski definition) is 2. The van der Waals surface area contributed by atoms with Gasteiger partial charge < -0.3 is 19.4 Å². The molecule has 2 aromatic heterocycles. The zero-order chi connectivity index (χ0) is 16.0. The molecule has 22 heavy (non-hydrogen) atoms. The van der Waals surface area contributed by atoms with E-state index in [4.69, 9.17) is 9.52 Å². The summed E-state index contributed by atoms with van der Waals surface area (Å²) in [5, 5.41) is 9.52. The Hall–Kier alpha value is -3.09. The average Bonchev–Trinajstić information content (AvgIpc) is 2.45. The van der Waals surface area contributed by atoms with Crippen molar-refractivity contribution in [1.82, 2.24) is 4.98 Å². The molecule has 0 fully saturated rings. The number of nitrogens with zero attached hydrogens (tertiary/aromatic N) is 1. The van der Waals surface area contributed by atoms with Gasteiger partial charge >= 0.3 is 11.6 Å². The van der Waals surface area contributed by atoms with Crippen LogP contribution in [0.25, 0.3) is 21.9 Å². The van der Waals surface area contributed by atoms with Crippen LogP contribution in [-0.2, 0) is 0 Å². The van der Waals surface area contributed by atoms with Gasteiger partial charge in [-0.05, 0) is 24.3 Å². The van der Waals surface area contributed by atoms with E-state index >= 15 is 0 Å². The first kappa shape index (κ1) is 13.9. The van der Waals surface area contributed by atoms with Gasteiger partial charge in [0.1, 0.15) is 5.56 Å². The van der Waals surface area contributed by atoms with Crippen molar-refractivity contribution in [2.45, 2.75) is 0 Å². The summed E-state index contributed by atoms with van der Waals surface area (Å²) in [5.74, 6) is -1.43. The van der Waals surface area contributed by atoms with Crippen molar-refractivity contribution in [3.8, 4) is 0 Å². The third kappa shape index (κ3) is 2.03. The normalized spacial score (nSPS) is 11.0. The molecule has 7 heteroatoms. The van der Waals surface area contributed by atoms with Gasteiger partial charge in [0.2, 0.25) is 0 Å². The van der Waals surface area contributed by atoms with Crippen molar-refractivity contribution in [2.75, 3.05) is 19.0 Å². The first-order chi connectivity index (χ1) is 10.4. The number of aromatic carboxylic acids is 1. The zero-order valence-corrected chi connectivity index (χ0v) is 11.8. The molecule has 112 valence electrons. The standard InChI is InChI=1S/C15H12N2O5/c1-17(2)7-3-4-8-11(5-7)16-13(18)9-6-10(14(19)20)15(21)22-12(8)9/h3-6H,1-2H3,(H,16,18)(H,19,20). The van der Waals surface area contributed by atoms with Crippen LogP contribution in [0, 0.1) is 0 Å². The summed E-state index contributed by atoms with van der Waals surface area (Å²) in [6.45, 7) is 0. The summed E-state index contributed by atoms with van der Waals surface area (Å²) in [6, 6.07) is 6.32. The fourth-order valence-electron chi connectivity index (χ4n) is 2.29. The van der Waals surface area contributed by atoms with E-state index in [1.165, 1.54) is 0 Å². The lowest BCUT2D eigenvalue weighted by Gasteiger charge is -2.13. The summed E-state index contributed by atoms with van der Waals surface area (Å²) >= 11 is 0. The first-order valence-electron chi connectivity index (χ1n) is 6.43. The number of benzene rings is 1. The van der Waals surface area contributed by atoms with Crippen LogP contribution in [0.4, 0.5) is 5.69 Å². The number of aromatic nitrogens is 1. The highest BCUT2D eigenvalue weighted by molar-refractivity contribution is 6.04. The number of H-pyrrole nitrogens is 1. The van der Waals surface area contributed by atoms with E-state index in [0.29, 0.717) is 10.9 Å². The first-order valence-corrected chi connectivity index (χ1v) is 6.43. The number of rotatable bonds is 2. The van der Waals surface area contributed by atoms with Crippen LogP contribution < -0.4 is 16.1 Å². The number of carboxylic acid groups (broad SMARTS) is 1. The summed E-state index contributed by atoms with van der Waals surface area (Å²) in [6.07, 6.45) is 0. The molecular formula is C15H12N2O5. The van der Waals surface area contributed by atoms with Crippen molar-refractivity contribution in [3.05, 3.63) is 50.6 Å². The molecule has 0 aliphatic rings. The second kappa shape index (κ2) is 4.73. The molecule has 3 rings (SSSR count). The van der Waals surface area contributed by atoms with Gasteiger partial charge in [0.05, 0.1) is 10.9 Å². The van der Waals surface area contributed by atoms with Crippen LogP contribution in [0.1, 0.15) is 10.4 Å². The maximum atomic E-state index is 12.1. The van der Waals surface area contributed by atoms with Crippen molar-refractivity contribution in [1.29, 1.82) is 0 Å². The highest BCUT2D eigenvalue weighted by Crippen LogP contribution is 2.24. The molecule has 0 spiro atoms. The monoisotopic (exact) mass is 300 g/mol. The van der Waals surface area contributed by atoms with Crippen LogP contribution in [0.3, 0.4) is 0 Å². The van der Waals surface area contributed by atoms with Gasteiger partial charge in [-0.25, -0.2) is 9.59 Å². The Kier molecular flexibility index (Phi) is 2.98. The second-order valence-electron chi connectivity index (χ2n) is 5.07. The average molecular weight is 300 g/mol. The number of nitrogens with one attached hydrogen (secondary N) is 1. The molecule has 0 unspecified atom stereocenters. The molecule has 7 nitrogen and oxygen atoms in total. The molecule has 0 saturated carbocycles. The predicted molar refractivity (Wildman–Crippen MR) is 81.9 cm³/mol. The van der Waals surface area contributed by atoms with Gasteiger partial charge in [0.15, 0.2) is 5.58 Å². The fourth-order valence-corrected chi connectivity index (χ4v) is 2.29. The van der Waals surface area contributed by atoms with Crippen LogP contribution in [0.5, 0.6) is 0 Å². The summed E-state index contributed by atoms with van der Waals surface area (Å²) in [5.41, 5.74) is -0.600. The van der Waals surface area contributed by atoms with E-state index in [1.807, 2.05) is 25.1 Å². The fraction of sp³-hybridized carbons (Fsp3) is 0.133. The molecule has 0 aliphatic carbocycles. The lowest BCUT2D eigenvalue weighted by Crippen LogP contribution is -2.16. The lowest BCUT2D eigenvalue weighted by molar-refractivity contribution is 0.0692. The quantitative estimate of drug-likeness (QED) is 0.693. The number of aromatic amines is 1. The van der Waals surface area contributed by atoms with E-state index < -0.39 is 22.7 Å². The molecular weight excluding hydrogens is 288 g/mol. The molecule has 2 heterocycles. The van der Waals surface area contributed by atoms with E-state index in [9.17, 15) is 14.4 Å². The van der Waals surface area contributed by atoms with Crippen LogP contribution in [0.2, 0.25) is 0 Å². The Morgan fingerprint density at radius 2 is 1.91 bits per heavy atom. The Balaban J connectivity index is 2.46. The number of carbonyl (C=O) groups is 1. The predicted octanol–water partition coefficient (Wildman–Crippen LogP) is 1.40. The molecule has 0 saturated heterocycles. The van der Waals surface area contributed by atoms with Crippen LogP contribution in [0.15, 0.2) is 38.3 Å². The van der Waals surface area contributed by atoms with Crippen molar-refractivity contribution in [2.24, 2.45) is 0 Å². The Morgan fingerprint density at radius 1 is 1.18 bits per heavy atom. The summed E-state index contributed by atoms with van der Waals surface area (Å²) < 4.78 is 5.08. The molecule has 0 amide bonds. The number of hydrogen-bond acceptors (Lipinski definition) is 5. The minimum absolute atomic E-state index is 0.0297. The second-order valence-corrected chi connectivity index (χ2v) is 5.07. The van der Waals surface area contributed by atoms with E-state index in [1.54, 1.807) is 12.1 Å². The third-order valence-corrected chi connectivity index (χ3v) is 3.44. The van der Waals surface area contributed by atoms with Crippen molar-refractivity contribution in [3.63, 3.8) is 0 Å². The Bertz CT molecular complexity index is 1030. The zero-order valence-electron chi connectivity index (χ0n) is 11.8. The molecule has 0 radical (unpaired) electrons. The number of carboxylic acids is 1. The topological polar surface area (TPSA) is 104 Å². The largest absolute Gasteiger partial charge is 0.477 e. The van der Waals surface area contributed by atoms with Crippen LogP contribution in [-0.4, -0.2) is 30.2 Å². The van der Waals surface area contributed by atoms with Gasteiger partial charge in [0, 0.05) is 25.2 Å². The minimum Gasteiger partial charge on any atom is -0.477 e. The van der Waals surface area contributed by atoms with Gasteiger partial charge in [0.25, 0.3) is 5.56 Å². The van der Waals surface area contributed by atoms with E-state index in [0.717, 1.165) is 11.8 Å². The SMILES string of the molecule is CN(C)c1ccc2c(c1)[nH]c(=O)c1cc(C(=O)O)c(=O)oc12. The highest BCUT2D eigenvalue weighted by Gasteiger charge is 2.16. The smallest absolute Gasteiger partial charge is 0.351 e. The molecule has 0 aliphatic heterocycles. The minimum atomic E-state index is -1.43. The van der Waals surface area contributed by atoms with Crippen molar-refractivity contribution < 1.29 is 14.3 Å². The number of pyridine rings is 1. The summed E-state index contributed by atoms with van der Waals surface area (Å²) in [7, 11) is 3.72. The molecule has 2 N–H and O–H groups in total. The van der Waals surface area contributed by atoms with Gasteiger partial charge in [-0.3, -0.25) is 4.79 Å². The molecule has 3 aromatic rings. The van der Waals surface area contributed by atoms with E-state index in [-0.39, 0.29) is 11.0 Å². The van der Waals surface area contributed by atoms with Gasteiger partial charge in [-0.2, -0.15) is 0 Å². The maximum Gasteiger partial charge on any atom is 0.351 e. The Labute approximate surface area is 123 Å². The van der Waals surface area contributed by atoms with Crippen LogP contribution >= 0.6 is 0 Å². The molecule has 0 atom stereocenters. The van der Waals surface area contributed by atoms with E-state index in [2.05, 4.69) is 4.98 Å². The number of anilines is 1. The van der Waals surface area contributed by atoms with Gasteiger partial charge in [-0.1, -0.05) is 0 Å². The third-order valence-electron chi connectivity index (χ3n) is 3.44.